The lowest BCUT2D eigenvalue weighted by molar-refractivity contribution is -0.116. The monoisotopic (exact) mass is 326 g/mol. The maximum atomic E-state index is 12.1. The highest BCUT2D eigenvalue weighted by Gasteiger charge is 2.15. The number of pyridine rings is 1. The number of carbonyl (C=O) groups is 3. The second-order valence-electron chi connectivity index (χ2n) is 5.19. The lowest BCUT2D eigenvalue weighted by Gasteiger charge is -2.16. The highest BCUT2D eigenvalue weighted by molar-refractivity contribution is 5.98. The van der Waals surface area contributed by atoms with Crippen molar-refractivity contribution in [2.24, 2.45) is 0 Å². The molecule has 1 heterocycles. The van der Waals surface area contributed by atoms with E-state index in [1.165, 1.54) is 25.1 Å². The van der Waals surface area contributed by atoms with Crippen LogP contribution in [0.4, 0.5) is 11.4 Å². The van der Waals surface area contributed by atoms with Gasteiger partial charge in [0.15, 0.2) is 0 Å². The van der Waals surface area contributed by atoms with Crippen molar-refractivity contribution in [2.75, 3.05) is 24.2 Å². The third-order valence-corrected chi connectivity index (χ3v) is 3.08. The van der Waals surface area contributed by atoms with Crippen LogP contribution in [0.5, 0.6) is 0 Å². The van der Waals surface area contributed by atoms with Crippen molar-refractivity contribution in [3.8, 4) is 0 Å². The molecule has 0 fully saturated rings. The van der Waals surface area contributed by atoms with Crippen molar-refractivity contribution in [2.45, 2.75) is 6.92 Å². The Bertz CT molecular complexity index is 747. The van der Waals surface area contributed by atoms with Crippen LogP contribution in [-0.2, 0) is 9.59 Å². The summed E-state index contributed by atoms with van der Waals surface area (Å²) >= 11 is 0. The number of aromatic nitrogens is 1. The maximum absolute atomic E-state index is 12.1. The summed E-state index contributed by atoms with van der Waals surface area (Å²) in [6, 6.07) is 11.8. The van der Waals surface area contributed by atoms with Crippen molar-refractivity contribution < 1.29 is 14.4 Å². The van der Waals surface area contributed by atoms with Crippen LogP contribution in [0.25, 0.3) is 0 Å². The second-order valence-corrected chi connectivity index (χ2v) is 5.19. The zero-order valence-corrected chi connectivity index (χ0v) is 13.4. The van der Waals surface area contributed by atoms with Gasteiger partial charge in [0.25, 0.3) is 5.91 Å². The molecule has 0 radical (unpaired) electrons. The van der Waals surface area contributed by atoms with Crippen molar-refractivity contribution in [3.63, 3.8) is 0 Å². The van der Waals surface area contributed by atoms with E-state index in [2.05, 4.69) is 15.6 Å². The van der Waals surface area contributed by atoms with E-state index >= 15 is 0 Å². The van der Waals surface area contributed by atoms with Crippen LogP contribution in [0.2, 0.25) is 0 Å². The summed E-state index contributed by atoms with van der Waals surface area (Å²) in [7, 11) is 1.53. The van der Waals surface area contributed by atoms with E-state index in [4.69, 9.17) is 0 Å². The van der Waals surface area contributed by atoms with Gasteiger partial charge < -0.3 is 15.5 Å². The fraction of sp³-hybridized carbons (Fsp3) is 0.176. The molecule has 7 heteroatoms. The van der Waals surface area contributed by atoms with E-state index in [0.717, 1.165) is 0 Å². The van der Waals surface area contributed by atoms with Gasteiger partial charge in [-0.05, 0) is 30.3 Å². The fourth-order valence-electron chi connectivity index (χ4n) is 2.05. The van der Waals surface area contributed by atoms with E-state index < -0.39 is 0 Å². The van der Waals surface area contributed by atoms with Crippen molar-refractivity contribution in [1.82, 2.24) is 9.88 Å². The van der Waals surface area contributed by atoms with E-state index in [9.17, 15) is 14.4 Å². The van der Waals surface area contributed by atoms with Gasteiger partial charge in [0.05, 0.1) is 6.54 Å². The molecule has 3 amide bonds. The van der Waals surface area contributed by atoms with Crippen LogP contribution in [0.1, 0.15) is 17.4 Å². The summed E-state index contributed by atoms with van der Waals surface area (Å²) in [6.45, 7) is 1.29. The molecular formula is C17H18N4O3. The Kier molecular flexibility index (Phi) is 5.62. The third kappa shape index (κ3) is 4.91. The minimum Gasteiger partial charge on any atom is -0.331 e. The van der Waals surface area contributed by atoms with Crippen LogP contribution in [0.15, 0.2) is 48.7 Å². The summed E-state index contributed by atoms with van der Waals surface area (Å²) < 4.78 is 0. The number of anilines is 2. The fourth-order valence-corrected chi connectivity index (χ4v) is 2.05. The first-order valence-electron chi connectivity index (χ1n) is 7.29. The number of likely N-dealkylation sites (N-methyl/N-ethyl adjacent to an activating group) is 1. The van der Waals surface area contributed by atoms with Crippen molar-refractivity contribution >= 4 is 29.1 Å². The lowest BCUT2D eigenvalue weighted by Crippen LogP contribution is -2.35. The van der Waals surface area contributed by atoms with E-state index in [0.29, 0.717) is 11.4 Å². The summed E-state index contributed by atoms with van der Waals surface area (Å²) in [6.07, 6.45) is 1.52. The number of hydrogen-bond donors (Lipinski definition) is 2. The van der Waals surface area contributed by atoms with Gasteiger partial charge in [-0.2, -0.15) is 0 Å². The number of hydrogen-bond acceptors (Lipinski definition) is 4. The highest BCUT2D eigenvalue weighted by Crippen LogP contribution is 2.15. The third-order valence-electron chi connectivity index (χ3n) is 3.08. The van der Waals surface area contributed by atoms with Crippen LogP contribution >= 0.6 is 0 Å². The molecule has 7 nitrogen and oxygen atoms in total. The van der Waals surface area contributed by atoms with Crippen molar-refractivity contribution in [1.29, 1.82) is 0 Å². The highest BCUT2D eigenvalue weighted by atomic mass is 16.2. The molecule has 0 aliphatic carbocycles. The number of rotatable bonds is 5. The molecule has 0 atom stereocenters. The Morgan fingerprint density at radius 1 is 1.04 bits per heavy atom. The Morgan fingerprint density at radius 3 is 2.38 bits per heavy atom. The van der Waals surface area contributed by atoms with Crippen LogP contribution < -0.4 is 10.6 Å². The standard InChI is InChI=1S/C17H18N4O3/c1-12(22)19-13-6-5-7-14(10-13)20-16(23)11-21(2)17(24)15-8-3-4-9-18-15/h3-10H,11H2,1-2H3,(H,19,22)(H,20,23). The van der Waals surface area contributed by atoms with Gasteiger partial charge in [0.2, 0.25) is 11.8 Å². The Morgan fingerprint density at radius 2 is 1.75 bits per heavy atom. The number of nitrogens with zero attached hydrogens (tertiary/aromatic N) is 2. The van der Waals surface area contributed by atoms with Gasteiger partial charge >= 0.3 is 0 Å². The summed E-state index contributed by atoms with van der Waals surface area (Å²) in [4.78, 5) is 40.5. The molecule has 0 bridgehead atoms. The minimum atomic E-state index is -0.346. The van der Waals surface area contributed by atoms with E-state index in [1.54, 1.807) is 42.5 Å². The maximum Gasteiger partial charge on any atom is 0.272 e. The van der Waals surface area contributed by atoms with Crippen LogP contribution in [-0.4, -0.2) is 41.2 Å². The van der Waals surface area contributed by atoms with Crippen LogP contribution in [0, 0.1) is 0 Å². The summed E-state index contributed by atoms with van der Waals surface area (Å²) in [5.41, 5.74) is 1.39. The molecule has 1 aromatic heterocycles. The largest absolute Gasteiger partial charge is 0.331 e. The van der Waals surface area contributed by atoms with Crippen LogP contribution in [0.3, 0.4) is 0 Å². The normalized spacial score (nSPS) is 9.92. The molecule has 0 saturated heterocycles. The number of benzene rings is 1. The molecule has 124 valence electrons. The smallest absolute Gasteiger partial charge is 0.272 e. The Labute approximate surface area is 139 Å². The molecule has 24 heavy (non-hydrogen) atoms. The van der Waals surface area contributed by atoms with Gasteiger partial charge in [-0.3, -0.25) is 19.4 Å². The van der Waals surface area contributed by atoms with Gasteiger partial charge in [-0.15, -0.1) is 0 Å². The summed E-state index contributed by atoms with van der Waals surface area (Å²) in [5, 5.41) is 5.32. The quantitative estimate of drug-likeness (QED) is 0.875. The predicted octanol–water partition coefficient (Wildman–Crippen LogP) is 1.75. The van der Waals surface area contributed by atoms with Crippen molar-refractivity contribution in [3.05, 3.63) is 54.4 Å². The molecule has 0 spiro atoms. The molecular weight excluding hydrogens is 308 g/mol. The molecule has 2 aromatic rings. The van der Waals surface area contributed by atoms with E-state index in [1.807, 2.05) is 0 Å². The molecule has 0 aliphatic heterocycles. The van der Waals surface area contributed by atoms with Gasteiger partial charge in [-0.1, -0.05) is 12.1 Å². The number of amides is 3. The average Bonchev–Trinajstić information content (AvgIpc) is 2.54. The first-order valence-corrected chi connectivity index (χ1v) is 7.29. The average molecular weight is 326 g/mol. The first-order chi connectivity index (χ1) is 11.5. The van der Waals surface area contributed by atoms with Gasteiger partial charge in [0, 0.05) is 31.5 Å². The van der Waals surface area contributed by atoms with Gasteiger partial charge in [0.1, 0.15) is 5.69 Å². The molecule has 0 saturated carbocycles. The molecule has 2 N–H and O–H groups in total. The minimum absolute atomic E-state index is 0.111. The zero-order valence-electron chi connectivity index (χ0n) is 13.4. The lowest BCUT2D eigenvalue weighted by atomic mass is 10.2. The zero-order chi connectivity index (χ0) is 17.5. The Balaban J connectivity index is 1.95. The molecule has 2 rings (SSSR count). The first kappa shape index (κ1) is 17.1. The number of nitrogens with one attached hydrogen (secondary N) is 2. The predicted molar refractivity (Wildman–Crippen MR) is 90.6 cm³/mol. The summed E-state index contributed by atoms with van der Waals surface area (Å²) in [5.74, 6) is -0.876. The number of carbonyl (C=O) groups excluding carboxylic acids is 3. The topological polar surface area (TPSA) is 91.4 Å². The molecule has 0 aliphatic rings. The Hall–Kier alpha value is -3.22. The second kappa shape index (κ2) is 7.87. The van der Waals surface area contributed by atoms with Gasteiger partial charge in [-0.25, -0.2) is 0 Å². The molecule has 0 unspecified atom stereocenters. The van der Waals surface area contributed by atoms with E-state index in [-0.39, 0.29) is 30.0 Å². The SMILES string of the molecule is CC(=O)Nc1cccc(NC(=O)CN(C)C(=O)c2ccccn2)c1. The molecule has 1 aromatic carbocycles.